The highest BCUT2D eigenvalue weighted by molar-refractivity contribution is 7.13. The Morgan fingerprint density at radius 1 is 1.45 bits per heavy atom. The summed E-state index contributed by atoms with van der Waals surface area (Å²) in [5.74, 6) is -0.541. The number of nitrogens with two attached hydrogens (primary N) is 1. The van der Waals surface area contributed by atoms with E-state index in [1.807, 2.05) is 30.3 Å². The smallest absolute Gasteiger partial charge is 0.361 e. The van der Waals surface area contributed by atoms with Crippen LogP contribution in [0.25, 0.3) is 0 Å². The lowest BCUT2D eigenvalue weighted by molar-refractivity contribution is -0.134. The minimum absolute atomic E-state index is 0.101. The number of carbonyl (C=O) groups excluding carboxylic acids is 1. The summed E-state index contributed by atoms with van der Waals surface area (Å²) in [4.78, 5) is 16.0. The van der Waals surface area contributed by atoms with E-state index in [-0.39, 0.29) is 12.3 Å². The van der Waals surface area contributed by atoms with Crippen molar-refractivity contribution >= 4 is 33.8 Å². The van der Waals surface area contributed by atoms with Crippen LogP contribution in [0.5, 0.6) is 0 Å². The molecule has 0 bridgehead atoms. The number of thiazole rings is 1. The molecule has 1 heterocycles. The van der Waals surface area contributed by atoms with Crippen molar-refractivity contribution in [3.05, 3.63) is 41.4 Å². The average molecular weight is 290 g/mol. The number of carbonyl (C=O) groups is 1. The second-order valence-corrected chi connectivity index (χ2v) is 4.62. The van der Waals surface area contributed by atoms with Gasteiger partial charge < -0.3 is 10.5 Å². The van der Waals surface area contributed by atoms with Gasteiger partial charge in [-0.25, -0.2) is 9.78 Å². The molecule has 0 aliphatic rings. The monoisotopic (exact) mass is 290 g/mol. The Hall–Kier alpha value is -2.41. The number of nitrogen functional groups attached to an aromatic ring is 1. The van der Waals surface area contributed by atoms with E-state index in [0.29, 0.717) is 10.8 Å². The number of rotatable bonds is 5. The molecule has 1 aromatic heterocycles. The van der Waals surface area contributed by atoms with Crippen LogP contribution in [0.4, 0.5) is 10.8 Å². The summed E-state index contributed by atoms with van der Waals surface area (Å²) in [5.41, 5.74) is 9.64. The number of aromatic nitrogens is 1. The second-order valence-electron chi connectivity index (χ2n) is 3.73. The molecule has 3 N–H and O–H groups in total. The molecule has 0 aliphatic carbocycles. The van der Waals surface area contributed by atoms with Crippen molar-refractivity contribution in [3.8, 4) is 0 Å². The molecule has 0 radical (unpaired) electrons. The van der Waals surface area contributed by atoms with Gasteiger partial charge in [-0.2, -0.15) is 5.10 Å². The molecule has 2 aromatic rings. The molecule has 0 aliphatic heterocycles. The normalized spacial score (nSPS) is 11.2. The summed E-state index contributed by atoms with van der Waals surface area (Å²) >= 11 is 1.24. The first-order valence-electron chi connectivity index (χ1n) is 5.98. The Morgan fingerprint density at radius 2 is 2.20 bits per heavy atom. The van der Waals surface area contributed by atoms with E-state index in [1.165, 1.54) is 11.3 Å². The Kier molecular flexibility index (Phi) is 4.67. The Labute approximate surface area is 120 Å². The minimum atomic E-state index is -0.541. The molecule has 0 atom stereocenters. The van der Waals surface area contributed by atoms with Gasteiger partial charge in [0, 0.05) is 5.38 Å². The number of para-hydroxylation sites is 1. The van der Waals surface area contributed by atoms with Crippen LogP contribution in [0.3, 0.4) is 0 Å². The van der Waals surface area contributed by atoms with Gasteiger partial charge >= 0.3 is 5.97 Å². The fourth-order valence-corrected chi connectivity index (χ4v) is 1.98. The highest BCUT2D eigenvalue weighted by Crippen LogP contribution is 2.13. The maximum atomic E-state index is 11.9. The maximum Gasteiger partial charge on any atom is 0.361 e. The van der Waals surface area contributed by atoms with E-state index in [2.05, 4.69) is 15.5 Å². The van der Waals surface area contributed by atoms with Crippen LogP contribution in [0.2, 0.25) is 0 Å². The van der Waals surface area contributed by atoms with Crippen molar-refractivity contribution in [2.24, 2.45) is 5.10 Å². The molecule has 7 heteroatoms. The molecular formula is C13H14N4O2S. The highest BCUT2D eigenvalue weighted by Gasteiger charge is 2.18. The molecule has 0 spiro atoms. The van der Waals surface area contributed by atoms with Crippen LogP contribution in [0.1, 0.15) is 12.6 Å². The topological polar surface area (TPSA) is 89.6 Å². The SMILES string of the molecule is CCOC(=O)/C(=N/Nc1ccccc1)c1csc(N)n1. The molecule has 0 amide bonds. The molecule has 6 nitrogen and oxygen atoms in total. The van der Waals surface area contributed by atoms with Crippen molar-refractivity contribution in [2.75, 3.05) is 17.8 Å². The van der Waals surface area contributed by atoms with E-state index >= 15 is 0 Å². The molecule has 0 fully saturated rings. The Bertz CT molecular complexity index is 610. The van der Waals surface area contributed by atoms with Crippen LogP contribution in [-0.4, -0.2) is 23.3 Å². The summed E-state index contributed by atoms with van der Waals surface area (Å²) < 4.78 is 4.97. The molecule has 2 rings (SSSR count). The number of ether oxygens (including phenoxy) is 1. The number of anilines is 2. The maximum absolute atomic E-state index is 11.9. The highest BCUT2D eigenvalue weighted by atomic mass is 32.1. The van der Waals surface area contributed by atoms with Crippen molar-refractivity contribution in [1.82, 2.24) is 4.98 Å². The van der Waals surface area contributed by atoms with Gasteiger partial charge in [0.2, 0.25) is 0 Å². The number of nitrogens with zero attached hydrogens (tertiary/aromatic N) is 2. The fraction of sp³-hybridized carbons (Fsp3) is 0.154. The Morgan fingerprint density at radius 3 is 2.80 bits per heavy atom. The third-order valence-corrected chi connectivity index (χ3v) is 2.98. The quantitative estimate of drug-likeness (QED) is 0.500. The van der Waals surface area contributed by atoms with Crippen molar-refractivity contribution in [3.63, 3.8) is 0 Å². The zero-order valence-corrected chi connectivity index (χ0v) is 11.7. The van der Waals surface area contributed by atoms with E-state index in [0.717, 1.165) is 5.69 Å². The van der Waals surface area contributed by atoms with E-state index in [1.54, 1.807) is 12.3 Å². The van der Waals surface area contributed by atoms with E-state index in [4.69, 9.17) is 10.5 Å². The predicted molar refractivity (Wildman–Crippen MR) is 79.8 cm³/mol. The first-order chi connectivity index (χ1) is 9.70. The molecule has 0 saturated heterocycles. The van der Waals surface area contributed by atoms with Crippen LogP contribution in [0, 0.1) is 0 Å². The number of hydrazone groups is 1. The molecule has 104 valence electrons. The molecular weight excluding hydrogens is 276 g/mol. The summed E-state index contributed by atoms with van der Waals surface area (Å²) in [6.45, 7) is 2.00. The van der Waals surface area contributed by atoms with Gasteiger partial charge in [-0.15, -0.1) is 11.3 Å². The third-order valence-electron chi connectivity index (χ3n) is 2.30. The average Bonchev–Trinajstić information content (AvgIpc) is 2.87. The fourth-order valence-electron chi connectivity index (χ4n) is 1.44. The first-order valence-corrected chi connectivity index (χ1v) is 6.86. The van der Waals surface area contributed by atoms with Gasteiger partial charge in [0.05, 0.1) is 12.3 Å². The second kappa shape index (κ2) is 6.67. The minimum Gasteiger partial charge on any atom is -0.461 e. The molecule has 1 aromatic carbocycles. The van der Waals surface area contributed by atoms with Crippen LogP contribution >= 0.6 is 11.3 Å². The van der Waals surface area contributed by atoms with Gasteiger partial charge in [0.15, 0.2) is 10.8 Å². The standard InChI is InChI=1S/C13H14N4O2S/c1-2-19-12(18)11(10-8-20-13(14)15-10)17-16-9-6-4-3-5-7-9/h3-8,16H,2H2,1H3,(H2,14,15)/b17-11+. The van der Waals surface area contributed by atoms with Crippen LogP contribution in [0.15, 0.2) is 40.8 Å². The predicted octanol–water partition coefficient (Wildman–Crippen LogP) is 2.10. The third kappa shape index (κ3) is 3.55. The summed E-state index contributed by atoms with van der Waals surface area (Å²) in [7, 11) is 0. The number of esters is 1. The number of nitrogens with one attached hydrogen (secondary N) is 1. The van der Waals surface area contributed by atoms with Gasteiger partial charge in [-0.3, -0.25) is 5.43 Å². The van der Waals surface area contributed by atoms with E-state index in [9.17, 15) is 4.79 Å². The number of hydrogen-bond acceptors (Lipinski definition) is 7. The molecule has 0 unspecified atom stereocenters. The lowest BCUT2D eigenvalue weighted by Crippen LogP contribution is -2.20. The van der Waals surface area contributed by atoms with Crippen molar-refractivity contribution in [2.45, 2.75) is 6.92 Å². The summed E-state index contributed by atoms with van der Waals surface area (Å²) in [6, 6.07) is 9.29. The first kappa shape index (κ1) is 14.0. The molecule has 0 saturated carbocycles. The van der Waals surface area contributed by atoms with Gasteiger partial charge in [0.1, 0.15) is 5.69 Å². The lowest BCUT2D eigenvalue weighted by atomic mass is 10.3. The van der Waals surface area contributed by atoms with Crippen molar-refractivity contribution < 1.29 is 9.53 Å². The van der Waals surface area contributed by atoms with Gasteiger partial charge in [-0.05, 0) is 19.1 Å². The van der Waals surface area contributed by atoms with Crippen LogP contribution < -0.4 is 11.2 Å². The zero-order chi connectivity index (χ0) is 14.4. The largest absolute Gasteiger partial charge is 0.461 e. The van der Waals surface area contributed by atoms with Crippen LogP contribution in [-0.2, 0) is 9.53 Å². The summed E-state index contributed by atoms with van der Waals surface area (Å²) in [5, 5.41) is 6.11. The van der Waals surface area contributed by atoms with Crippen molar-refractivity contribution in [1.29, 1.82) is 0 Å². The summed E-state index contributed by atoms with van der Waals surface area (Å²) in [6.07, 6.45) is 0. The zero-order valence-electron chi connectivity index (χ0n) is 10.9. The lowest BCUT2D eigenvalue weighted by Gasteiger charge is -2.05. The number of hydrogen-bond donors (Lipinski definition) is 2. The van der Waals surface area contributed by atoms with Gasteiger partial charge in [-0.1, -0.05) is 18.2 Å². The Balaban J connectivity index is 2.24. The number of benzene rings is 1. The van der Waals surface area contributed by atoms with E-state index < -0.39 is 5.97 Å². The molecule has 20 heavy (non-hydrogen) atoms. The van der Waals surface area contributed by atoms with Gasteiger partial charge in [0.25, 0.3) is 0 Å².